The average molecular weight is 1130 g/mol. The smallest absolute Gasteiger partial charge is 0.0784 e. The number of hydrogen-bond acceptors (Lipinski definition) is 3. The molecule has 484 valence electrons. The minimum absolute atomic E-state index is 1.37. The third-order valence-corrected chi connectivity index (χ3v) is 18.3. The predicted molar refractivity (Wildman–Crippen MR) is 358 cm³/mol. The van der Waals surface area contributed by atoms with Crippen LogP contribution in [-0.2, 0) is 0 Å². The maximum atomic E-state index is 8.33. The molecule has 0 bridgehead atoms. The van der Waals surface area contributed by atoms with Gasteiger partial charge < -0.3 is 24.0 Å². The molecule has 0 heterocycles. The fraction of sp³-hybridized carbons (Fsp3) is 0.987. The van der Waals surface area contributed by atoms with E-state index in [2.05, 4.69) is 55.6 Å². The molecule has 0 amide bonds. The van der Waals surface area contributed by atoms with Crippen molar-refractivity contribution >= 4 is 6.16 Å². The average Bonchev–Trinajstić information content (AvgIpc) is 3.44. The second-order valence-corrected chi connectivity index (χ2v) is 26.9. The van der Waals surface area contributed by atoms with Crippen molar-refractivity contribution in [1.82, 2.24) is 0 Å². The van der Waals surface area contributed by atoms with Gasteiger partial charge in [-0.05, 0) is 83.2 Å². The fourth-order valence-electron chi connectivity index (χ4n) is 12.6. The number of rotatable bonds is 66. The highest BCUT2D eigenvalue weighted by Gasteiger charge is 2.21. The van der Waals surface area contributed by atoms with Gasteiger partial charge in [0, 0.05) is 0 Å². The highest BCUT2D eigenvalue weighted by Crippen LogP contribution is 2.21. The maximum absolute atomic E-state index is 8.33. The number of quaternary nitrogens is 2. The number of carbonyl (C=O) groups is 1. The molecule has 0 aromatic heterocycles. The standard InChI is InChI=1S/2C37H78N.CH2O3/c2*1-5-8-11-14-17-20-23-26-29-32-35-38(4,36-33-30-27-24-21-18-15-12-9-6-2)37-34-31-28-25-22-19-16-13-10-7-3;2-1(3)4/h2*5-37H2,1-4H3;(H2,2,3,4)/q2*+1;/p-2. The Balaban J connectivity index is -0.00000139. The molecule has 0 atom stereocenters. The van der Waals surface area contributed by atoms with Gasteiger partial charge in [-0.2, -0.15) is 0 Å². The summed E-state index contributed by atoms with van der Waals surface area (Å²) in [5.74, 6) is 0. The van der Waals surface area contributed by atoms with Crippen LogP contribution in [0.2, 0.25) is 0 Å². The van der Waals surface area contributed by atoms with Crippen molar-refractivity contribution in [2.75, 3.05) is 53.4 Å². The Hall–Kier alpha value is -0.810. The molecule has 80 heavy (non-hydrogen) atoms. The zero-order valence-corrected chi connectivity index (χ0v) is 57.3. The van der Waals surface area contributed by atoms with E-state index >= 15 is 0 Å². The van der Waals surface area contributed by atoms with E-state index in [9.17, 15) is 0 Å². The first-order chi connectivity index (χ1) is 39.1. The van der Waals surface area contributed by atoms with Gasteiger partial charge in [-0.1, -0.05) is 350 Å². The molecule has 0 aliphatic heterocycles. The molecule has 0 unspecified atom stereocenters. The van der Waals surface area contributed by atoms with E-state index in [1.54, 1.807) is 0 Å². The molecule has 0 N–H and O–H groups in total. The predicted octanol–water partition coefficient (Wildman–Crippen LogP) is 23.9. The van der Waals surface area contributed by atoms with Crippen molar-refractivity contribution in [1.29, 1.82) is 0 Å². The Morgan fingerprint density at radius 3 is 0.350 bits per heavy atom. The minimum atomic E-state index is -2.33. The van der Waals surface area contributed by atoms with E-state index in [0.717, 1.165) is 0 Å². The van der Waals surface area contributed by atoms with Crippen LogP contribution in [-0.4, -0.2) is 68.5 Å². The van der Waals surface area contributed by atoms with Crippen LogP contribution < -0.4 is 10.2 Å². The Morgan fingerprint density at radius 1 is 0.188 bits per heavy atom. The van der Waals surface area contributed by atoms with Gasteiger partial charge in [-0.3, -0.25) is 0 Å². The van der Waals surface area contributed by atoms with Gasteiger partial charge in [0.2, 0.25) is 0 Å². The summed E-state index contributed by atoms with van der Waals surface area (Å²) in [6.07, 6.45) is 85.2. The van der Waals surface area contributed by atoms with E-state index in [-0.39, 0.29) is 0 Å². The number of nitrogens with zero attached hydrogens (tertiary/aromatic N) is 2. The molecule has 0 aromatic carbocycles. The lowest BCUT2D eigenvalue weighted by Crippen LogP contribution is -2.46. The molecule has 0 rings (SSSR count). The van der Waals surface area contributed by atoms with Gasteiger partial charge in [0.15, 0.2) is 0 Å². The Kier molecular flexibility index (Phi) is 75.5. The zero-order chi connectivity index (χ0) is 59.2. The third kappa shape index (κ3) is 75.2. The minimum Gasteiger partial charge on any atom is -0.652 e. The molecule has 0 aliphatic carbocycles. The highest BCUT2D eigenvalue weighted by molar-refractivity contribution is 5.47. The molecular formula is C75H156N2O3. The van der Waals surface area contributed by atoms with E-state index in [1.165, 1.54) is 433 Å². The fourth-order valence-corrected chi connectivity index (χ4v) is 12.6. The highest BCUT2D eigenvalue weighted by atomic mass is 16.6. The second kappa shape index (κ2) is 72.4. The lowest BCUT2D eigenvalue weighted by molar-refractivity contribution is -0.910. The summed E-state index contributed by atoms with van der Waals surface area (Å²) < 4.78 is 2.73. The topological polar surface area (TPSA) is 63.2 Å². The molecule has 0 saturated heterocycles. The van der Waals surface area contributed by atoms with Gasteiger partial charge >= 0.3 is 0 Å². The normalized spacial score (nSPS) is 11.7. The number of hydrogen-bond donors (Lipinski definition) is 0. The van der Waals surface area contributed by atoms with Crippen LogP contribution in [0.15, 0.2) is 0 Å². The first-order valence-electron chi connectivity index (χ1n) is 37.6. The third-order valence-electron chi connectivity index (χ3n) is 18.3. The lowest BCUT2D eigenvalue weighted by atomic mass is 10.0. The lowest BCUT2D eigenvalue weighted by Gasteiger charge is -2.35. The Labute approximate surface area is 507 Å². The van der Waals surface area contributed by atoms with Crippen LogP contribution in [0.1, 0.15) is 427 Å². The van der Waals surface area contributed by atoms with E-state index in [4.69, 9.17) is 15.0 Å². The summed E-state index contributed by atoms with van der Waals surface area (Å²) >= 11 is 0. The monoisotopic (exact) mass is 1130 g/mol. The molecule has 5 heteroatoms. The van der Waals surface area contributed by atoms with Crippen molar-refractivity contribution in [3.8, 4) is 0 Å². The zero-order valence-electron chi connectivity index (χ0n) is 57.3. The summed E-state index contributed by atoms with van der Waals surface area (Å²) in [7, 11) is 5.21. The SMILES string of the molecule is CCCCCCCCCCCC[N+](C)(CCCCCCCCCCCC)CCCCCCCCCCCC.CCCCCCCCCCCC[N+](C)(CCCCCCCCCCCC)CCCCCCCCCCCC.O=C([O-])[O-]. The summed E-state index contributed by atoms with van der Waals surface area (Å²) in [6, 6.07) is 0. The van der Waals surface area contributed by atoms with Crippen molar-refractivity contribution < 1.29 is 24.0 Å². The van der Waals surface area contributed by atoms with Crippen LogP contribution in [0.5, 0.6) is 0 Å². The molecule has 0 fully saturated rings. The molecule has 0 aliphatic rings. The summed E-state index contributed by atoms with van der Waals surface area (Å²) in [5, 5.41) is 16.7. The molecule has 0 saturated carbocycles. The van der Waals surface area contributed by atoms with Crippen molar-refractivity contribution in [2.45, 2.75) is 427 Å². The van der Waals surface area contributed by atoms with E-state index < -0.39 is 6.16 Å². The quantitative estimate of drug-likeness (QED) is 0.0450. The van der Waals surface area contributed by atoms with Gasteiger partial charge in [-0.15, -0.1) is 0 Å². The molecule has 0 aromatic rings. The van der Waals surface area contributed by atoms with Crippen LogP contribution in [0, 0.1) is 0 Å². The van der Waals surface area contributed by atoms with E-state index in [1.807, 2.05) is 0 Å². The Morgan fingerprint density at radius 2 is 0.263 bits per heavy atom. The van der Waals surface area contributed by atoms with Crippen molar-refractivity contribution in [2.24, 2.45) is 0 Å². The van der Waals surface area contributed by atoms with Gasteiger partial charge in [0.05, 0.1) is 53.4 Å². The first-order valence-corrected chi connectivity index (χ1v) is 37.6. The molecule has 5 nitrogen and oxygen atoms in total. The van der Waals surface area contributed by atoms with Crippen LogP contribution >= 0.6 is 0 Å². The van der Waals surface area contributed by atoms with Crippen molar-refractivity contribution in [3.05, 3.63) is 0 Å². The van der Waals surface area contributed by atoms with Crippen LogP contribution in [0.4, 0.5) is 4.79 Å². The van der Waals surface area contributed by atoms with Gasteiger partial charge in [0.1, 0.15) is 0 Å². The van der Waals surface area contributed by atoms with Crippen LogP contribution in [0.3, 0.4) is 0 Å². The number of unbranched alkanes of at least 4 members (excludes halogenated alkanes) is 54. The number of carbonyl (C=O) groups excluding carboxylic acids is 1. The van der Waals surface area contributed by atoms with Crippen LogP contribution in [0.25, 0.3) is 0 Å². The van der Waals surface area contributed by atoms with Gasteiger partial charge in [-0.25, -0.2) is 0 Å². The first kappa shape index (κ1) is 83.4. The summed E-state index contributed by atoms with van der Waals surface area (Å²) in [5.41, 5.74) is 0. The Bertz CT molecular complexity index is 896. The molecule has 0 radical (unpaired) electrons. The molecular weight excluding hydrogens is 977 g/mol. The summed E-state index contributed by atoms with van der Waals surface area (Å²) in [4.78, 5) is 8.33. The second-order valence-electron chi connectivity index (χ2n) is 26.9. The maximum Gasteiger partial charge on any atom is 0.0784 e. The largest absolute Gasteiger partial charge is 0.652 e. The summed E-state index contributed by atoms with van der Waals surface area (Å²) in [6.45, 7) is 22.5. The van der Waals surface area contributed by atoms with Gasteiger partial charge in [0.25, 0.3) is 0 Å². The van der Waals surface area contributed by atoms with Crippen molar-refractivity contribution in [3.63, 3.8) is 0 Å². The molecule has 0 spiro atoms. The van der Waals surface area contributed by atoms with E-state index in [0.29, 0.717) is 0 Å². The number of carboxylic acid groups (broad SMARTS) is 2.